The molecule has 2 aromatic carbocycles. The molecule has 3 rings (SSSR count). The van der Waals surface area contributed by atoms with Gasteiger partial charge in [-0.3, -0.25) is 14.6 Å². The van der Waals surface area contributed by atoms with Crippen LogP contribution in [-0.2, 0) is 29.0 Å². The molecule has 40 heavy (non-hydrogen) atoms. The van der Waals surface area contributed by atoms with Crippen LogP contribution in [0.25, 0.3) is 0 Å². The number of amides is 2. The summed E-state index contributed by atoms with van der Waals surface area (Å²) in [4.78, 5) is 31.1. The van der Waals surface area contributed by atoms with E-state index in [2.05, 4.69) is 34.8 Å². The normalized spacial score (nSPS) is 12.9. The van der Waals surface area contributed by atoms with Gasteiger partial charge in [-0.1, -0.05) is 62.4 Å². The smallest absolute Gasteiger partial charge is 0.243 e. The first-order chi connectivity index (χ1) is 19.1. The van der Waals surface area contributed by atoms with Crippen molar-refractivity contribution in [2.75, 3.05) is 6.54 Å². The van der Waals surface area contributed by atoms with Crippen LogP contribution in [0.3, 0.4) is 0 Å². The topological polar surface area (TPSA) is 92.3 Å². The minimum absolute atomic E-state index is 0.204. The van der Waals surface area contributed by atoms with Crippen molar-refractivity contribution < 1.29 is 14.3 Å². The Labute approximate surface area is 239 Å². The van der Waals surface area contributed by atoms with E-state index in [1.54, 1.807) is 12.4 Å². The number of aromatic nitrogens is 1. The number of hydrogen-bond donors (Lipinski definition) is 3. The van der Waals surface area contributed by atoms with Crippen molar-refractivity contribution in [1.82, 2.24) is 20.9 Å². The SMILES string of the molecule is CC(C)CCN[C@@H](Cc1cccnc1)C(=O)N[C@@H](Cc1ccc(OCc2ccccc2)cc1)C(=O)NC(C)(C)C. The van der Waals surface area contributed by atoms with Gasteiger partial charge >= 0.3 is 0 Å². The highest BCUT2D eigenvalue weighted by molar-refractivity contribution is 5.90. The molecule has 3 N–H and O–H groups in total. The molecule has 7 heteroatoms. The number of ether oxygens (including phenoxy) is 1. The predicted molar refractivity (Wildman–Crippen MR) is 160 cm³/mol. The third-order valence-corrected chi connectivity index (χ3v) is 6.33. The molecule has 0 aliphatic heterocycles. The molecule has 1 heterocycles. The van der Waals surface area contributed by atoms with Crippen LogP contribution in [0, 0.1) is 5.92 Å². The van der Waals surface area contributed by atoms with Crippen LogP contribution in [0.15, 0.2) is 79.1 Å². The molecule has 2 atom stereocenters. The molecule has 0 fully saturated rings. The van der Waals surface area contributed by atoms with Gasteiger partial charge in [0.2, 0.25) is 11.8 Å². The van der Waals surface area contributed by atoms with Crippen LogP contribution >= 0.6 is 0 Å². The fourth-order valence-electron chi connectivity index (χ4n) is 4.20. The molecule has 0 aliphatic rings. The number of benzene rings is 2. The van der Waals surface area contributed by atoms with Gasteiger partial charge in [-0.25, -0.2) is 0 Å². The Hall–Kier alpha value is -3.71. The Bertz CT molecular complexity index is 1180. The maximum atomic E-state index is 13.6. The van der Waals surface area contributed by atoms with Gasteiger partial charge < -0.3 is 20.7 Å². The summed E-state index contributed by atoms with van der Waals surface area (Å²) in [6.45, 7) is 11.3. The number of hydrogen-bond acceptors (Lipinski definition) is 5. The Kier molecular flexibility index (Phi) is 11.7. The molecule has 2 amide bonds. The van der Waals surface area contributed by atoms with Crippen molar-refractivity contribution in [2.45, 2.75) is 78.1 Å². The molecule has 214 valence electrons. The summed E-state index contributed by atoms with van der Waals surface area (Å²) in [6, 6.07) is 20.3. The lowest BCUT2D eigenvalue weighted by atomic mass is 10.0. The van der Waals surface area contributed by atoms with Gasteiger partial charge in [-0.05, 0) is 81.0 Å². The van der Waals surface area contributed by atoms with Crippen LogP contribution in [-0.4, -0.2) is 41.0 Å². The molecular formula is C33H44N4O3. The van der Waals surface area contributed by atoms with Crippen LogP contribution in [0.4, 0.5) is 0 Å². The van der Waals surface area contributed by atoms with Gasteiger partial charge in [0, 0.05) is 24.4 Å². The average molecular weight is 545 g/mol. The number of carbonyl (C=O) groups is 2. The second-order valence-electron chi connectivity index (χ2n) is 11.7. The minimum atomic E-state index is -0.730. The molecule has 0 aliphatic carbocycles. The molecule has 0 saturated heterocycles. The van der Waals surface area contributed by atoms with Gasteiger partial charge in [0.25, 0.3) is 0 Å². The van der Waals surface area contributed by atoms with Crippen molar-refractivity contribution >= 4 is 11.8 Å². The third kappa shape index (κ3) is 11.2. The Balaban J connectivity index is 1.71. The first-order valence-electron chi connectivity index (χ1n) is 14.1. The van der Waals surface area contributed by atoms with Crippen molar-refractivity contribution in [3.8, 4) is 5.75 Å². The first kappa shape index (κ1) is 30.8. The Morgan fingerprint density at radius 1 is 0.825 bits per heavy atom. The molecule has 0 radical (unpaired) electrons. The average Bonchev–Trinajstić information content (AvgIpc) is 2.91. The number of nitrogens with zero attached hydrogens (tertiary/aromatic N) is 1. The monoisotopic (exact) mass is 544 g/mol. The van der Waals surface area contributed by atoms with Gasteiger partial charge in [-0.15, -0.1) is 0 Å². The fraction of sp³-hybridized carbons (Fsp3) is 0.424. The zero-order valence-corrected chi connectivity index (χ0v) is 24.4. The van der Waals surface area contributed by atoms with Gasteiger partial charge in [0.05, 0.1) is 6.04 Å². The second-order valence-corrected chi connectivity index (χ2v) is 11.7. The lowest BCUT2D eigenvalue weighted by Crippen LogP contribution is -2.56. The highest BCUT2D eigenvalue weighted by atomic mass is 16.5. The van der Waals surface area contributed by atoms with Crippen molar-refractivity contribution in [1.29, 1.82) is 0 Å². The van der Waals surface area contributed by atoms with Gasteiger partial charge in [0.1, 0.15) is 18.4 Å². The molecule has 0 spiro atoms. The van der Waals surface area contributed by atoms with Crippen molar-refractivity contribution in [3.63, 3.8) is 0 Å². The van der Waals surface area contributed by atoms with E-state index in [0.717, 1.165) is 28.9 Å². The summed E-state index contributed by atoms with van der Waals surface area (Å²) in [7, 11) is 0. The molecule has 3 aromatic rings. The fourth-order valence-corrected chi connectivity index (χ4v) is 4.20. The largest absolute Gasteiger partial charge is 0.489 e. The molecular weight excluding hydrogens is 500 g/mol. The quantitative estimate of drug-likeness (QED) is 0.270. The van der Waals surface area contributed by atoms with E-state index in [0.29, 0.717) is 31.9 Å². The molecule has 0 unspecified atom stereocenters. The van der Waals surface area contributed by atoms with Crippen molar-refractivity contribution in [2.24, 2.45) is 5.92 Å². The van der Waals surface area contributed by atoms with E-state index in [4.69, 9.17) is 4.74 Å². The van der Waals surface area contributed by atoms with E-state index in [-0.39, 0.29) is 11.8 Å². The van der Waals surface area contributed by atoms with Crippen LogP contribution in [0.5, 0.6) is 5.75 Å². The van der Waals surface area contributed by atoms with E-state index in [1.807, 2.05) is 87.5 Å². The number of rotatable bonds is 14. The zero-order chi connectivity index (χ0) is 29.0. The van der Waals surface area contributed by atoms with E-state index in [1.165, 1.54) is 0 Å². The highest BCUT2D eigenvalue weighted by Crippen LogP contribution is 2.16. The summed E-state index contributed by atoms with van der Waals surface area (Å²) in [5, 5.41) is 9.48. The zero-order valence-electron chi connectivity index (χ0n) is 24.4. The van der Waals surface area contributed by atoms with Gasteiger partial charge in [-0.2, -0.15) is 0 Å². The number of carbonyl (C=O) groups excluding carboxylic acids is 2. The highest BCUT2D eigenvalue weighted by Gasteiger charge is 2.28. The van der Waals surface area contributed by atoms with Gasteiger partial charge in [0.15, 0.2) is 0 Å². The number of pyridine rings is 1. The Morgan fingerprint density at radius 2 is 1.50 bits per heavy atom. The first-order valence-corrected chi connectivity index (χ1v) is 14.1. The lowest BCUT2D eigenvalue weighted by molar-refractivity contribution is -0.130. The number of nitrogens with one attached hydrogen (secondary N) is 3. The second kappa shape index (κ2) is 15.2. The standard InChI is InChI=1S/C33H44N4O3/c1-24(2)17-19-35-29(21-27-12-9-18-34-22-27)31(38)36-30(32(39)37-33(3,4)5)20-25-13-15-28(16-14-25)40-23-26-10-7-6-8-11-26/h6-16,18,22,24,29-30,35H,17,19-21,23H2,1-5H3,(H,36,38)(H,37,39)/t29-,30-/m0/s1. The summed E-state index contributed by atoms with van der Waals surface area (Å²) in [5.41, 5.74) is 2.55. The summed E-state index contributed by atoms with van der Waals surface area (Å²) in [5.74, 6) is 0.842. The molecule has 1 aromatic heterocycles. The lowest BCUT2D eigenvalue weighted by Gasteiger charge is -2.27. The van der Waals surface area contributed by atoms with E-state index >= 15 is 0 Å². The van der Waals surface area contributed by atoms with Crippen LogP contribution in [0.1, 0.15) is 57.7 Å². The maximum Gasteiger partial charge on any atom is 0.243 e. The Morgan fingerprint density at radius 3 is 2.12 bits per heavy atom. The maximum absolute atomic E-state index is 13.6. The van der Waals surface area contributed by atoms with Crippen LogP contribution in [0.2, 0.25) is 0 Å². The molecule has 0 bridgehead atoms. The summed E-state index contributed by atoms with van der Waals surface area (Å²) >= 11 is 0. The van der Waals surface area contributed by atoms with E-state index < -0.39 is 17.6 Å². The minimum Gasteiger partial charge on any atom is -0.489 e. The molecule has 0 saturated carbocycles. The summed E-state index contributed by atoms with van der Waals surface area (Å²) < 4.78 is 5.91. The van der Waals surface area contributed by atoms with Crippen molar-refractivity contribution in [3.05, 3.63) is 95.8 Å². The van der Waals surface area contributed by atoms with Crippen LogP contribution < -0.4 is 20.7 Å². The molecule has 7 nitrogen and oxygen atoms in total. The third-order valence-electron chi connectivity index (χ3n) is 6.33. The van der Waals surface area contributed by atoms with E-state index in [9.17, 15) is 9.59 Å². The predicted octanol–water partition coefficient (Wildman–Crippen LogP) is 4.85. The summed E-state index contributed by atoms with van der Waals surface area (Å²) in [6.07, 6.45) is 5.28.